The number of carbonyl (C=O) groups excluding carboxylic acids is 1. The standard InChI is InChI=1S/C18H22N4O2/c19-18-21-10-16(11-22-18)14-4-1-5-15(9-14)17(23)20-7-2-3-13-6-8-24-12-13/h1,4-5,9-11,13H,2-3,6-8,12H2,(H,20,23)(H2,19,21,22)/t13-/m0/s1. The Kier molecular flexibility index (Phi) is 5.38. The summed E-state index contributed by atoms with van der Waals surface area (Å²) in [6.07, 6.45) is 6.53. The molecule has 2 aromatic rings. The monoisotopic (exact) mass is 326 g/mol. The Morgan fingerprint density at radius 2 is 2.12 bits per heavy atom. The van der Waals surface area contributed by atoms with E-state index in [1.807, 2.05) is 24.3 Å². The van der Waals surface area contributed by atoms with Crippen LogP contribution in [0, 0.1) is 5.92 Å². The van der Waals surface area contributed by atoms with Crippen LogP contribution in [0.15, 0.2) is 36.7 Å². The highest BCUT2D eigenvalue weighted by Gasteiger charge is 2.15. The van der Waals surface area contributed by atoms with Crippen LogP contribution in [-0.2, 0) is 4.74 Å². The topological polar surface area (TPSA) is 90.1 Å². The maximum Gasteiger partial charge on any atom is 0.251 e. The van der Waals surface area contributed by atoms with Gasteiger partial charge in [-0.3, -0.25) is 4.79 Å². The molecule has 1 aromatic carbocycles. The number of rotatable bonds is 6. The van der Waals surface area contributed by atoms with E-state index in [9.17, 15) is 4.79 Å². The van der Waals surface area contributed by atoms with Crippen LogP contribution < -0.4 is 11.1 Å². The van der Waals surface area contributed by atoms with E-state index in [1.54, 1.807) is 12.4 Å². The van der Waals surface area contributed by atoms with Crippen molar-refractivity contribution in [1.82, 2.24) is 15.3 Å². The summed E-state index contributed by atoms with van der Waals surface area (Å²) in [6.45, 7) is 2.42. The van der Waals surface area contributed by atoms with E-state index < -0.39 is 0 Å². The zero-order valence-corrected chi connectivity index (χ0v) is 13.6. The number of nitrogen functional groups attached to an aromatic ring is 1. The van der Waals surface area contributed by atoms with Gasteiger partial charge >= 0.3 is 0 Å². The fraction of sp³-hybridized carbons (Fsp3) is 0.389. The van der Waals surface area contributed by atoms with Gasteiger partial charge in [-0.2, -0.15) is 0 Å². The lowest BCUT2D eigenvalue weighted by atomic mass is 10.0. The van der Waals surface area contributed by atoms with Crippen LogP contribution in [0.1, 0.15) is 29.6 Å². The van der Waals surface area contributed by atoms with Crippen LogP contribution >= 0.6 is 0 Å². The normalized spacial score (nSPS) is 16.9. The van der Waals surface area contributed by atoms with Crippen molar-refractivity contribution in [2.75, 3.05) is 25.5 Å². The minimum atomic E-state index is -0.0594. The number of hydrogen-bond acceptors (Lipinski definition) is 5. The van der Waals surface area contributed by atoms with Gasteiger partial charge in [0.15, 0.2) is 0 Å². The number of nitrogens with one attached hydrogen (secondary N) is 1. The summed E-state index contributed by atoms with van der Waals surface area (Å²) in [5.41, 5.74) is 7.86. The van der Waals surface area contributed by atoms with E-state index in [4.69, 9.17) is 10.5 Å². The number of carbonyl (C=O) groups is 1. The molecule has 3 N–H and O–H groups in total. The fourth-order valence-corrected chi connectivity index (χ4v) is 2.83. The van der Waals surface area contributed by atoms with Crippen molar-refractivity contribution in [3.05, 3.63) is 42.2 Å². The van der Waals surface area contributed by atoms with E-state index in [1.165, 1.54) is 0 Å². The second-order valence-corrected chi connectivity index (χ2v) is 6.04. The minimum absolute atomic E-state index is 0.0594. The van der Waals surface area contributed by atoms with Crippen LogP contribution in [-0.4, -0.2) is 35.6 Å². The van der Waals surface area contributed by atoms with Gasteiger partial charge in [0.1, 0.15) is 0 Å². The Morgan fingerprint density at radius 3 is 2.88 bits per heavy atom. The first-order chi connectivity index (χ1) is 11.7. The van der Waals surface area contributed by atoms with Gasteiger partial charge in [0.2, 0.25) is 5.95 Å². The molecule has 24 heavy (non-hydrogen) atoms. The van der Waals surface area contributed by atoms with Crippen LogP contribution in [0.2, 0.25) is 0 Å². The molecule has 1 aliphatic heterocycles. The highest BCUT2D eigenvalue weighted by atomic mass is 16.5. The molecule has 0 saturated carbocycles. The van der Waals surface area contributed by atoms with Crippen molar-refractivity contribution in [1.29, 1.82) is 0 Å². The first-order valence-corrected chi connectivity index (χ1v) is 8.26. The molecule has 126 valence electrons. The Hall–Kier alpha value is -2.47. The van der Waals surface area contributed by atoms with Gasteiger partial charge in [-0.25, -0.2) is 9.97 Å². The van der Waals surface area contributed by atoms with Crippen LogP contribution in [0.5, 0.6) is 0 Å². The summed E-state index contributed by atoms with van der Waals surface area (Å²) in [7, 11) is 0. The number of nitrogens with zero attached hydrogens (tertiary/aromatic N) is 2. The highest BCUT2D eigenvalue weighted by Crippen LogP contribution is 2.20. The lowest BCUT2D eigenvalue weighted by molar-refractivity contribution is 0.0952. The van der Waals surface area contributed by atoms with Crippen molar-refractivity contribution < 1.29 is 9.53 Å². The van der Waals surface area contributed by atoms with Gasteiger partial charge in [0, 0.05) is 43.3 Å². The predicted octanol–water partition coefficient (Wildman–Crippen LogP) is 2.27. The number of aromatic nitrogens is 2. The Bertz CT molecular complexity index is 682. The molecule has 2 heterocycles. The van der Waals surface area contributed by atoms with Crippen molar-refractivity contribution in [2.24, 2.45) is 5.92 Å². The molecule has 0 radical (unpaired) electrons. The van der Waals surface area contributed by atoms with Crippen molar-refractivity contribution in [2.45, 2.75) is 19.3 Å². The summed E-state index contributed by atoms with van der Waals surface area (Å²) in [5.74, 6) is 0.826. The van der Waals surface area contributed by atoms with Gasteiger partial charge < -0.3 is 15.8 Å². The summed E-state index contributed by atoms with van der Waals surface area (Å²) in [6, 6.07) is 7.43. The SMILES string of the molecule is Nc1ncc(-c2cccc(C(=O)NCCC[C@H]3CCOC3)c2)cn1. The summed E-state index contributed by atoms with van der Waals surface area (Å²) in [4.78, 5) is 20.3. The quantitative estimate of drug-likeness (QED) is 0.795. The van der Waals surface area contributed by atoms with E-state index in [0.717, 1.165) is 43.6 Å². The average Bonchev–Trinajstić information content (AvgIpc) is 3.13. The Balaban J connectivity index is 1.54. The van der Waals surface area contributed by atoms with E-state index in [-0.39, 0.29) is 11.9 Å². The number of amides is 1. The minimum Gasteiger partial charge on any atom is -0.381 e. The van der Waals surface area contributed by atoms with E-state index in [2.05, 4.69) is 15.3 Å². The molecular formula is C18H22N4O2. The van der Waals surface area contributed by atoms with Crippen molar-refractivity contribution >= 4 is 11.9 Å². The molecule has 0 bridgehead atoms. The second-order valence-electron chi connectivity index (χ2n) is 6.04. The molecular weight excluding hydrogens is 304 g/mol. The van der Waals surface area contributed by atoms with Crippen molar-refractivity contribution in [3.63, 3.8) is 0 Å². The van der Waals surface area contributed by atoms with Crippen LogP contribution in [0.4, 0.5) is 5.95 Å². The largest absolute Gasteiger partial charge is 0.381 e. The molecule has 1 aromatic heterocycles. The number of benzene rings is 1. The van der Waals surface area contributed by atoms with Crippen LogP contribution in [0.3, 0.4) is 0 Å². The van der Waals surface area contributed by atoms with Crippen molar-refractivity contribution in [3.8, 4) is 11.1 Å². The van der Waals surface area contributed by atoms with Gasteiger partial charge in [-0.1, -0.05) is 12.1 Å². The molecule has 1 aliphatic rings. The maximum atomic E-state index is 12.3. The van der Waals surface area contributed by atoms with Gasteiger partial charge in [-0.15, -0.1) is 0 Å². The fourth-order valence-electron chi connectivity index (χ4n) is 2.83. The summed E-state index contributed by atoms with van der Waals surface area (Å²) >= 11 is 0. The Morgan fingerprint density at radius 1 is 1.29 bits per heavy atom. The first-order valence-electron chi connectivity index (χ1n) is 8.26. The lowest BCUT2D eigenvalue weighted by Crippen LogP contribution is -2.24. The smallest absolute Gasteiger partial charge is 0.251 e. The summed E-state index contributed by atoms with van der Waals surface area (Å²) < 4.78 is 5.36. The first kappa shape index (κ1) is 16.4. The zero-order chi connectivity index (χ0) is 16.8. The third-order valence-electron chi connectivity index (χ3n) is 4.23. The number of anilines is 1. The lowest BCUT2D eigenvalue weighted by Gasteiger charge is -2.09. The van der Waals surface area contributed by atoms with Gasteiger partial charge in [0.25, 0.3) is 5.91 Å². The molecule has 0 aliphatic carbocycles. The molecule has 1 saturated heterocycles. The molecule has 0 unspecified atom stereocenters. The number of ether oxygens (including phenoxy) is 1. The molecule has 6 heteroatoms. The molecule has 6 nitrogen and oxygen atoms in total. The van der Waals surface area contributed by atoms with Crippen LogP contribution in [0.25, 0.3) is 11.1 Å². The molecule has 1 fully saturated rings. The maximum absolute atomic E-state index is 12.3. The number of hydrogen-bond donors (Lipinski definition) is 2. The third-order valence-corrected chi connectivity index (χ3v) is 4.23. The zero-order valence-electron chi connectivity index (χ0n) is 13.6. The van der Waals surface area contributed by atoms with Gasteiger partial charge in [-0.05, 0) is 42.9 Å². The number of nitrogens with two attached hydrogens (primary N) is 1. The molecule has 3 rings (SSSR count). The molecule has 0 spiro atoms. The molecule has 1 atom stereocenters. The van der Waals surface area contributed by atoms with E-state index in [0.29, 0.717) is 18.0 Å². The van der Waals surface area contributed by atoms with Gasteiger partial charge in [0.05, 0.1) is 0 Å². The molecule has 1 amide bonds. The highest BCUT2D eigenvalue weighted by molar-refractivity contribution is 5.95. The Labute approximate surface area is 141 Å². The second kappa shape index (κ2) is 7.88. The van der Waals surface area contributed by atoms with E-state index >= 15 is 0 Å². The summed E-state index contributed by atoms with van der Waals surface area (Å²) in [5, 5.41) is 2.98. The average molecular weight is 326 g/mol. The predicted molar refractivity (Wildman–Crippen MR) is 92.4 cm³/mol. The third kappa shape index (κ3) is 4.29.